The van der Waals surface area contributed by atoms with Crippen LogP contribution in [0.15, 0.2) is 0 Å². The van der Waals surface area contributed by atoms with Crippen LogP contribution in [0.5, 0.6) is 0 Å². The van der Waals surface area contributed by atoms with Crippen LogP contribution in [-0.2, 0) is 4.79 Å². The molecule has 1 fully saturated rings. The van der Waals surface area contributed by atoms with Gasteiger partial charge in [0, 0.05) is 44.3 Å². The lowest BCUT2D eigenvalue weighted by Crippen LogP contribution is -2.58. The van der Waals surface area contributed by atoms with Crippen LogP contribution >= 0.6 is 0 Å². The first kappa shape index (κ1) is 16.4. The molecule has 0 aromatic rings. The highest BCUT2D eigenvalue weighted by molar-refractivity contribution is 5.78. The highest BCUT2D eigenvalue weighted by atomic mass is 16.2. The predicted octanol–water partition coefficient (Wildman–Crippen LogP) is 0.256. The van der Waals surface area contributed by atoms with Crippen molar-refractivity contribution < 1.29 is 4.79 Å². The molecule has 112 valence electrons. The van der Waals surface area contributed by atoms with E-state index in [9.17, 15) is 4.79 Å². The number of nitrogens with one attached hydrogen (secondary N) is 1. The molecule has 3 N–H and O–H groups in total. The third-order valence-electron chi connectivity index (χ3n) is 4.11. The second kappa shape index (κ2) is 7.22. The second-order valence-electron chi connectivity index (χ2n) is 6.16. The molecule has 1 aliphatic heterocycles. The molecule has 19 heavy (non-hydrogen) atoms. The minimum Gasteiger partial charge on any atom is -0.353 e. The molecule has 0 bridgehead atoms. The molecule has 0 saturated carbocycles. The maximum atomic E-state index is 11.8. The van der Waals surface area contributed by atoms with E-state index in [2.05, 4.69) is 35.9 Å². The van der Waals surface area contributed by atoms with Crippen LogP contribution in [0.2, 0.25) is 0 Å². The number of hydrogen-bond acceptors (Lipinski definition) is 4. The Labute approximate surface area is 117 Å². The third-order valence-corrected chi connectivity index (χ3v) is 4.11. The maximum absolute atomic E-state index is 11.8. The van der Waals surface area contributed by atoms with Gasteiger partial charge in [0.2, 0.25) is 5.91 Å². The van der Waals surface area contributed by atoms with Gasteiger partial charge in [-0.25, -0.2) is 0 Å². The van der Waals surface area contributed by atoms with Crippen LogP contribution in [0.3, 0.4) is 0 Å². The highest BCUT2D eigenvalue weighted by Gasteiger charge is 2.29. The summed E-state index contributed by atoms with van der Waals surface area (Å²) in [6, 6.07) is 0.268. The monoisotopic (exact) mass is 270 g/mol. The number of amides is 1. The van der Waals surface area contributed by atoms with E-state index in [1.54, 1.807) is 0 Å². The van der Waals surface area contributed by atoms with Gasteiger partial charge in [-0.15, -0.1) is 0 Å². The molecule has 0 spiro atoms. The maximum Gasteiger partial charge on any atom is 0.234 e. The quantitative estimate of drug-likeness (QED) is 0.726. The molecule has 0 aromatic heterocycles. The van der Waals surface area contributed by atoms with Crippen LogP contribution < -0.4 is 11.1 Å². The molecule has 1 amide bonds. The van der Waals surface area contributed by atoms with Crippen molar-refractivity contribution in [3.63, 3.8) is 0 Å². The van der Waals surface area contributed by atoms with Crippen LogP contribution in [0.25, 0.3) is 0 Å². The van der Waals surface area contributed by atoms with E-state index >= 15 is 0 Å². The molecular formula is C14H30N4O. The van der Waals surface area contributed by atoms with Gasteiger partial charge in [-0.1, -0.05) is 6.92 Å². The largest absolute Gasteiger partial charge is 0.353 e. The summed E-state index contributed by atoms with van der Waals surface area (Å²) in [6.45, 7) is 13.5. The van der Waals surface area contributed by atoms with Crippen molar-refractivity contribution in [2.45, 2.75) is 45.7 Å². The summed E-state index contributed by atoms with van der Waals surface area (Å²) in [7, 11) is 0. The van der Waals surface area contributed by atoms with Crippen molar-refractivity contribution in [1.29, 1.82) is 0 Å². The van der Waals surface area contributed by atoms with E-state index in [1.165, 1.54) is 0 Å². The summed E-state index contributed by atoms with van der Waals surface area (Å²) in [4.78, 5) is 16.5. The first-order chi connectivity index (χ1) is 8.89. The van der Waals surface area contributed by atoms with Crippen molar-refractivity contribution in [3.05, 3.63) is 0 Å². The topological polar surface area (TPSA) is 61.6 Å². The Hall–Kier alpha value is -0.650. The van der Waals surface area contributed by atoms with E-state index in [0.29, 0.717) is 13.1 Å². The van der Waals surface area contributed by atoms with E-state index < -0.39 is 0 Å². The van der Waals surface area contributed by atoms with Gasteiger partial charge < -0.3 is 11.1 Å². The molecular weight excluding hydrogens is 240 g/mol. The second-order valence-corrected chi connectivity index (χ2v) is 6.16. The van der Waals surface area contributed by atoms with Gasteiger partial charge in [0.05, 0.1) is 6.54 Å². The lowest BCUT2D eigenvalue weighted by molar-refractivity contribution is -0.123. The standard InChI is InChI=1S/C14H30N4O/c1-5-12(2)16-13(19)10-17-6-8-18(9-7-17)14(3,4)11-15/h12H,5-11,15H2,1-4H3,(H,16,19). The molecule has 1 aliphatic rings. The molecule has 1 rings (SSSR count). The summed E-state index contributed by atoms with van der Waals surface area (Å²) >= 11 is 0. The molecule has 1 unspecified atom stereocenters. The Morgan fingerprint density at radius 1 is 1.32 bits per heavy atom. The number of piperazine rings is 1. The van der Waals surface area contributed by atoms with Gasteiger partial charge in [-0.05, 0) is 27.2 Å². The van der Waals surface area contributed by atoms with Crippen LogP contribution in [0, 0.1) is 0 Å². The van der Waals surface area contributed by atoms with Gasteiger partial charge in [0.15, 0.2) is 0 Å². The summed E-state index contributed by atoms with van der Waals surface area (Å²) in [5.41, 5.74) is 5.86. The summed E-state index contributed by atoms with van der Waals surface area (Å²) < 4.78 is 0. The number of rotatable bonds is 6. The first-order valence-corrected chi connectivity index (χ1v) is 7.36. The van der Waals surface area contributed by atoms with Gasteiger partial charge >= 0.3 is 0 Å². The summed E-state index contributed by atoms with van der Waals surface area (Å²) in [5.74, 6) is 0.140. The van der Waals surface area contributed by atoms with Crippen molar-refractivity contribution in [3.8, 4) is 0 Å². The fourth-order valence-electron chi connectivity index (χ4n) is 2.27. The third kappa shape index (κ3) is 5.09. The normalized spacial score (nSPS) is 20.3. The molecule has 0 aromatic carbocycles. The fraction of sp³-hybridized carbons (Fsp3) is 0.929. The summed E-state index contributed by atoms with van der Waals surface area (Å²) in [5, 5.41) is 3.02. The molecule has 1 atom stereocenters. The van der Waals surface area contributed by atoms with Gasteiger partial charge in [-0.2, -0.15) is 0 Å². The minimum absolute atomic E-state index is 0.0606. The minimum atomic E-state index is 0.0606. The van der Waals surface area contributed by atoms with Crippen molar-refractivity contribution in [2.75, 3.05) is 39.3 Å². The number of carbonyl (C=O) groups is 1. The fourth-order valence-corrected chi connectivity index (χ4v) is 2.27. The average Bonchev–Trinajstić information content (AvgIpc) is 2.39. The van der Waals surface area contributed by atoms with Gasteiger partial charge in [0.1, 0.15) is 0 Å². The van der Waals surface area contributed by atoms with E-state index in [1.807, 2.05) is 6.92 Å². The Kier molecular flexibility index (Phi) is 6.23. The Bertz CT molecular complexity index is 285. The zero-order valence-electron chi connectivity index (χ0n) is 12.9. The molecule has 0 radical (unpaired) electrons. The molecule has 1 heterocycles. The van der Waals surface area contributed by atoms with E-state index in [4.69, 9.17) is 5.73 Å². The molecule has 0 aliphatic carbocycles. The smallest absolute Gasteiger partial charge is 0.234 e. The Morgan fingerprint density at radius 3 is 2.37 bits per heavy atom. The van der Waals surface area contributed by atoms with Gasteiger partial charge in [0.25, 0.3) is 0 Å². The molecule has 5 heteroatoms. The lowest BCUT2D eigenvalue weighted by Gasteiger charge is -2.43. The van der Waals surface area contributed by atoms with E-state index in [0.717, 1.165) is 32.6 Å². The zero-order chi connectivity index (χ0) is 14.5. The lowest BCUT2D eigenvalue weighted by atomic mass is 10.0. The average molecular weight is 270 g/mol. The summed E-state index contributed by atoms with van der Waals surface area (Å²) in [6.07, 6.45) is 0.976. The van der Waals surface area contributed by atoms with Crippen LogP contribution in [0.4, 0.5) is 0 Å². The zero-order valence-corrected chi connectivity index (χ0v) is 12.9. The number of nitrogens with zero attached hydrogens (tertiary/aromatic N) is 2. The Morgan fingerprint density at radius 2 is 1.89 bits per heavy atom. The van der Waals surface area contributed by atoms with Crippen molar-refractivity contribution >= 4 is 5.91 Å². The van der Waals surface area contributed by atoms with Crippen LogP contribution in [-0.4, -0.2) is 66.6 Å². The molecule has 1 saturated heterocycles. The van der Waals surface area contributed by atoms with Crippen molar-refractivity contribution in [2.24, 2.45) is 5.73 Å². The first-order valence-electron chi connectivity index (χ1n) is 7.36. The molecule has 5 nitrogen and oxygen atoms in total. The SMILES string of the molecule is CCC(C)NC(=O)CN1CCN(C(C)(C)CN)CC1. The van der Waals surface area contributed by atoms with Gasteiger partial charge in [-0.3, -0.25) is 14.6 Å². The van der Waals surface area contributed by atoms with Crippen LogP contribution in [0.1, 0.15) is 34.1 Å². The van der Waals surface area contributed by atoms with Crippen molar-refractivity contribution in [1.82, 2.24) is 15.1 Å². The Balaban J connectivity index is 2.32. The highest BCUT2D eigenvalue weighted by Crippen LogP contribution is 2.15. The van der Waals surface area contributed by atoms with E-state index in [-0.39, 0.29) is 17.5 Å². The number of nitrogens with two attached hydrogens (primary N) is 1. The predicted molar refractivity (Wildman–Crippen MR) is 79.0 cm³/mol. The number of carbonyl (C=O) groups excluding carboxylic acids is 1. The number of hydrogen-bond donors (Lipinski definition) is 2.